The average molecular weight is 339 g/mol. The standard InChI is InChI=1S/C16H15F2NO3S/c1-23(20,21)19-14-7-10-3-2-4-11(10)8-16(14)22-15-6-5-12(17)9-13(15)18/h5-9,19H,2-4H2,1H3. The largest absolute Gasteiger partial charge is 0.452 e. The number of aryl methyl sites for hydroxylation is 2. The average Bonchev–Trinajstić information content (AvgIpc) is 2.87. The van der Waals surface area contributed by atoms with Gasteiger partial charge in [-0.25, -0.2) is 17.2 Å². The number of benzene rings is 2. The summed E-state index contributed by atoms with van der Waals surface area (Å²) in [5.41, 5.74) is 2.33. The molecule has 2 aromatic rings. The molecule has 1 aliphatic carbocycles. The maximum atomic E-state index is 13.8. The lowest BCUT2D eigenvalue weighted by atomic mass is 10.1. The van der Waals surface area contributed by atoms with Crippen molar-refractivity contribution in [3.63, 3.8) is 0 Å². The van der Waals surface area contributed by atoms with Crippen molar-refractivity contribution >= 4 is 15.7 Å². The summed E-state index contributed by atoms with van der Waals surface area (Å²) in [5, 5.41) is 0. The molecule has 4 nitrogen and oxygen atoms in total. The van der Waals surface area contributed by atoms with Gasteiger partial charge in [0, 0.05) is 6.07 Å². The molecule has 0 radical (unpaired) electrons. The molecule has 3 rings (SSSR count). The molecule has 0 heterocycles. The van der Waals surface area contributed by atoms with Gasteiger partial charge in [-0.1, -0.05) is 0 Å². The molecule has 0 atom stereocenters. The Labute approximate surface area is 133 Å². The van der Waals surface area contributed by atoms with Crippen molar-refractivity contribution in [3.05, 3.63) is 53.1 Å². The van der Waals surface area contributed by atoms with Crippen LogP contribution in [0.2, 0.25) is 0 Å². The first-order chi connectivity index (χ1) is 10.8. The van der Waals surface area contributed by atoms with E-state index in [0.29, 0.717) is 6.07 Å². The van der Waals surface area contributed by atoms with Gasteiger partial charge in [-0.3, -0.25) is 4.72 Å². The van der Waals surface area contributed by atoms with Gasteiger partial charge in [-0.15, -0.1) is 0 Å². The highest BCUT2D eigenvalue weighted by Gasteiger charge is 2.19. The summed E-state index contributed by atoms with van der Waals surface area (Å²) in [6, 6.07) is 6.38. The van der Waals surface area contributed by atoms with Crippen LogP contribution in [0.3, 0.4) is 0 Å². The van der Waals surface area contributed by atoms with E-state index in [9.17, 15) is 17.2 Å². The first kappa shape index (κ1) is 15.7. The van der Waals surface area contributed by atoms with Crippen LogP contribution in [0.5, 0.6) is 11.5 Å². The second-order valence-electron chi connectivity index (χ2n) is 5.52. The van der Waals surface area contributed by atoms with Gasteiger partial charge in [0.2, 0.25) is 10.0 Å². The van der Waals surface area contributed by atoms with Crippen LogP contribution < -0.4 is 9.46 Å². The first-order valence-electron chi connectivity index (χ1n) is 7.08. The van der Waals surface area contributed by atoms with Gasteiger partial charge in [0.25, 0.3) is 0 Å². The molecule has 0 spiro atoms. The quantitative estimate of drug-likeness (QED) is 0.926. The Kier molecular flexibility index (Phi) is 3.97. The van der Waals surface area contributed by atoms with Gasteiger partial charge in [-0.05, 0) is 54.7 Å². The minimum absolute atomic E-state index is 0.166. The zero-order chi connectivity index (χ0) is 16.6. The van der Waals surface area contributed by atoms with Crippen LogP contribution in [-0.2, 0) is 22.9 Å². The number of nitrogens with one attached hydrogen (secondary N) is 1. The molecule has 1 N–H and O–H groups in total. The summed E-state index contributed by atoms with van der Waals surface area (Å²) in [6.45, 7) is 0. The number of rotatable bonds is 4. The van der Waals surface area contributed by atoms with Crippen molar-refractivity contribution in [1.29, 1.82) is 0 Å². The fourth-order valence-electron chi connectivity index (χ4n) is 2.64. The van der Waals surface area contributed by atoms with E-state index in [1.54, 1.807) is 12.1 Å². The van der Waals surface area contributed by atoms with Crippen molar-refractivity contribution in [3.8, 4) is 11.5 Å². The lowest BCUT2D eigenvalue weighted by Crippen LogP contribution is -2.11. The van der Waals surface area contributed by atoms with Crippen molar-refractivity contribution in [2.45, 2.75) is 19.3 Å². The predicted molar refractivity (Wildman–Crippen MR) is 83.4 cm³/mol. The Balaban J connectivity index is 2.02. The maximum absolute atomic E-state index is 13.8. The summed E-state index contributed by atoms with van der Waals surface area (Å²) in [5.74, 6) is -1.53. The molecule has 0 saturated heterocycles. The van der Waals surface area contributed by atoms with Crippen LogP contribution in [0.4, 0.5) is 14.5 Å². The molecule has 0 unspecified atom stereocenters. The Morgan fingerprint density at radius 2 is 1.74 bits per heavy atom. The van der Waals surface area contributed by atoms with E-state index in [-0.39, 0.29) is 17.2 Å². The van der Waals surface area contributed by atoms with E-state index < -0.39 is 21.7 Å². The van der Waals surface area contributed by atoms with Crippen molar-refractivity contribution in [1.82, 2.24) is 0 Å². The zero-order valence-electron chi connectivity index (χ0n) is 12.4. The SMILES string of the molecule is CS(=O)(=O)Nc1cc2c(cc1Oc1ccc(F)cc1F)CCC2. The Morgan fingerprint density at radius 1 is 1.04 bits per heavy atom. The lowest BCUT2D eigenvalue weighted by Gasteiger charge is -2.15. The number of fused-ring (bicyclic) bond motifs is 1. The molecule has 2 aromatic carbocycles. The van der Waals surface area contributed by atoms with E-state index in [0.717, 1.165) is 42.7 Å². The monoisotopic (exact) mass is 339 g/mol. The number of halogens is 2. The molecule has 0 fully saturated rings. The van der Waals surface area contributed by atoms with Crippen LogP contribution in [0.15, 0.2) is 30.3 Å². The molecule has 0 bridgehead atoms. The second-order valence-corrected chi connectivity index (χ2v) is 7.27. The number of anilines is 1. The molecule has 23 heavy (non-hydrogen) atoms. The summed E-state index contributed by atoms with van der Waals surface area (Å²) >= 11 is 0. The molecule has 1 aliphatic rings. The predicted octanol–water partition coefficient (Wildman–Crippen LogP) is 3.62. The highest BCUT2D eigenvalue weighted by molar-refractivity contribution is 7.92. The van der Waals surface area contributed by atoms with Crippen LogP contribution in [0.1, 0.15) is 17.5 Å². The smallest absolute Gasteiger partial charge is 0.229 e. The normalized spacial score (nSPS) is 13.7. The summed E-state index contributed by atoms with van der Waals surface area (Å²) in [4.78, 5) is 0. The van der Waals surface area contributed by atoms with Gasteiger partial charge in [0.15, 0.2) is 17.3 Å². The fourth-order valence-corrected chi connectivity index (χ4v) is 3.20. The van der Waals surface area contributed by atoms with Gasteiger partial charge in [0.05, 0.1) is 11.9 Å². The number of ether oxygens (including phenoxy) is 1. The van der Waals surface area contributed by atoms with Gasteiger partial charge in [-0.2, -0.15) is 0 Å². The second kappa shape index (κ2) is 5.81. The number of hydrogen-bond acceptors (Lipinski definition) is 3. The summed E-state index contributed by atoms with van der Waals surface area (Å²) < 4.78 is 57.7. The minimum Gasteiger partial charge on any atom is -0.452 e. The van der Waals surface area contributed by atoms with E-state index >= 15 is 0 Å². The third-order valence-corrected chi connectivity index (χ3v) is 4.19. The topological polar surface area (TPSA) is 55.4 Å². The Bertz CT molecular complexity index is 866. The third kappa shape index (κ3) is 3.61. The van der Waals surface area contributed by atoms with Crippen LogP contribution in [-0.4, -0.2) is 14.7 Å². The lowest BCUT2D eigenvalue weighted by molar-refractivity contribution is 0.439. The molecule has 122 valence electrons. The highest BCUT2D eigenvalue weighted by atomic mass is 32.2. The highest BCUT2D eigenvalue weighted by Crippen LogP contribution is 2.37. The maximum Gasteiger partial charge on any atom is 0.229 e. The fraction of sp³-hybridized carbons (Fsp3) is 0.250. The molecule has 7 heteroatoms. The molecule has 0 aliphatic heterocycles. The van der Waals surface area contributed by atoms with Crippen molar-refractivity contribution in [2.75, 3.05) is 11.0 Å². The first-order valence-corrected chi connectivity index (χ1v) is 8.97. The summed E-state index contributed by atoms with van der Waals surface area (Å²) in [6.07, 6.45) is 3.72. The van der Waals surface area contributed by atoms with Crippen molar-refractivity contribution < 1.29 is 21.9 Å². The molecule has 0 aromatic heterocycles. The van der Waals surface area contributed by atoms with E-state index in [1.807, 2.05) is 0 Å². The van der Waals surface area contributed by atoms with Crippen molar-refractivity contribution in [2.24, 2.45) is 0 Å². The van der Waals surface area contributed by atoms with E-state index in [1.165, 1.54) is 6.07 Å². The third-order valence-electron chi connectivity index (χ3n) is 3.60. The van der Waals surface area contributed by atoms with Gasteiger partial charge < -0.3 is 4.74 Å². The zero-order valence-corrected chi connectivity index (χ0v) is 13.2. The number of sulfonamides is 1. The minimum atomic E-state index is -3.51. The van der Waals surface area contributed by atoms with Crippen LogP contribution >= 0.6 is 0 Å². The van der Waals surface area contributed by atoms with Crippen LogP contribution in [0.25, 0.3) is 0 Å². The molecular weight excluding hydrogens is 324 g/mol. The Morgan fingerprint density at radius 3 is 2.39 bits per heavy atom. The van der Waals surface area contributed by atoms with Crippen LogP contribution in [0, 0.1) is 11.6 Å². The van der Waals surface area contributed by atoms with Gasteiger partial charge >= 0.3 is 0 Å². The molecule has 0 amide bonds. The van der Waals surface area contributed by atoms with E-state index in [2.05, 4.69) is 4.72 Å². The molecular formula is C16H15F2NO3S. The Hall–Kier alpha value is -2.15. The van der Waals surface area contributed by atoms with Gasteiger partial charge in [0.1, 0.15) is 5.82 Å². The van der Waals surface area contributed by atoms with E-state index in [4.69, 9.17) is 4.74 Å². The molecule has 0 saturated carbocycles. The number of hydrogen-bond donors (Lipinski definition) is 1. The summed E-state index contributed by atoms with van der Waals surface area (Å²) in [7, 11) is -3.51.